The second-order valence-corrected chi connectivity index (χ2v) is 21.5. The molecule has 1 atom stereocenters. The molecule has 0 amide bonds. The Balaban J connectivity index is 4.27. The number of carbonyl (C=O) groups excluding carboxylic acids is 3. The lowest BCUT2D eigenvalue weighted by Gasteiger charge is -2.18. The molecule has 0 N–H and O–H groups in total. The average molecular weight is 948 g/mol. The monoisotopic (exact) mass is 947 g/mol. The summed E-state index contributed by atoms with van der Waals surface area (Å²) in [6.07, 6.45) is 60.9. The van der Waals surface area contributed by atoms with Crippen LogP contribution in [0, 0.1) is 5.92 Å². The van der Waals surface area contributed by atoms with Crippen LogP contribution < -0.4 is 0 Å². The van der Waals surface area contributed by atoms with Gasteiger partial charge in [-0.3, -0.25) is 14.4 Å². The summed E-state index contributed by atoms with van der Waals surface area (Å²) in [5, 5.41) is 0. The lowest BCUT2D eigenvalue weighted by Crippen LogP contribution is -2.30. The van der Waals surface area contributed by atoms with Gasteiger partial charge in [0.1, 0.15) is 13.2 Å². The van der Waals surface area contributed by atoms with Crippen molar-refractivity contribution in [2.75, 3.05) is 13.2 Å². The number of hydrogen-bond acceptors (Lipinski definition) is 6. The van der Waals surface area contributed by atoms with Gasteiger partial charge in [0.15, 0.2) is 6.10 Å². The number of hydrogen-bond donors (Lipinski definition) is 0. The summed E-state index contributed by atoms with van der Waals surface area (Å²) in [4.78, 5) is 38.2. The van der Waals surface area contributed by atoms with Crippen LogP contribution in [0.4, 0.5) is 0 Å². The van der Waals surface area contributed by atoms with E-state index in [-0.39, 0.29) is 31.1 Å². The zero-order chi connectivity index (χ0) is 48.8. The zero-order valence-corrected chi connectivity index (χ0v) is 45.9. The number of carbonyl (C=O) groups is 3. The first-order valence-corrected chi connectivity index (χ1v) is 30.4. The van der Waals surface area contributed by atoms with E-state index in [4.69, 9.17) is 14.2 Å². The quantitative estimate of drug-likeness (QED) is 0.0343. The minimum atomic E-state index is -0.762. The number of ether oxygens (including phenoxy) is 3. The van der Waals surface area contributed by atoms with Gasteiger partial charge in [0.25, 0.3) is 0 Å². The molecule has 0 saturated carbocycles. The van der Waals surface area contributed by atoms with E-state index >= 15 is 0 Å². The molecule has 398 valence electrons. The maximum absolute atomic E-state index is 12.9. The Bertz CT molecular complexity index is 1010. The van der Waals surface area contributed by atoms with Crippen molar-refractivity contribution in [1.29, 1.82) is 0 Å². The van der Waals surface area contributed by atoms with Gasteiger partial charge in [0.2, 0.25) is 0 Å². The van der Waals surface area contributed by atoms with Crippen molar-refractivity contribution in [2.45, 2.75) is 355 Å². The molecule has 0 aromatic rings. The van der Waals surface area contributed by atoms with E-state index < -0.39 is 6.10 Å². The topological polar surface area (TPSA) is 78.9 Å². The Morgan fingerprint density at radius 1 is 0.284 bits per heavy atom. The fraction of sp³-hybridized carbons (Fsp3) is 0.951. The molecule has 0 bridgehead atoms. The predicted molar refractivity (Wildman–Crippen MR) is 289 cm³/mol. The molecule has 0 saturated heterocycles. The van der Waals surface area contributed by atoms with Crippen LogP contribution in [0.15, 0.2) is 0 Å². The Morgan fingerprint density at radius 3 is 0.731 bits per heavy atom. The van der Waals surface area contributed by atoms with Crippen molar-refractivity contribution < 1.29 is 28.6 Å². The fourth-order valence-corrected chi connectivity index (χ4v) is 9.46. The third-order valence-electron chi connectivity index (χ3n) is 14.0. The van der Waals surface area contributed by atoms with E-state index in [1.165, 1.54) is 244 Å². The van der Waals surface area contributed by atoms with Crippen LogP contribution in [0.2, 0.25) is 0 Å². The van der Waals surface area contributed by atoms with Gasteiger partial charge in [-0.25, -0.2) is 0 Å². The molecule has 6 nitrogen and oxygen atoms in total. The lowest BCUT2D eigenvalue weighted by molar-refractivity contribution is -0.167. The predicted octanol–water partition coefficient (Wildman–Crippen LogP) is 20.2. The summed E-state index contributed by atoms with van der Waals surface area (Å²) in [6, 6.07) is 0. The van der Waals surface area contributed by atoms with Crippen molar-refractivity contribution in [2.24, 2.45) is 5.92 Å². The second-order valence-electron chi connectivity index (χ2n) is 21.5. The Hall–Kier alpha value is -1.59. The molecule has 0 radical (unpaired) electrons. The van der Waals surface area contributed by atoms with Gasteiger partial charge in [-0.2, -0.15) is 0 Å². The molecule has 0 aromatic heterocycles. The molecule has 0 aliphatic rings. The zero-order valence-electron chi connectivity index (χ0n) is 45.9. The number of esters is 3. The summed E-state index contributed by atoms with van der Waals surface area (Å²) in [5.74, 6) is 0.0207. The van der Waals surface area contributed by atoms with Crippen molar-refractivity contribution in [1.82, 2.24) is 0 Å². The maximum Gasteiger partial charge on any atom is 0.306 e. The van der Waals surface area contributed by atoms with Crippen LogP contribution in [-0.4, -0.2) is 37.2 Å². The van der Waals surface area contributed by atoms with Gasteiger partial charge in [-0.15, -0.1) is 0 Å². The molecule has 0 rings (SSSR count). The van der Waals surface area contributed by atoms with Gasteiger partial charge in [-0.05, 0) is 25.2 Å². The van der Waals surface area contributed by atoms with Crippen LogP contribution >= 0.6 is 0 Å². The average Bonchev–Trinajstić information content (AvgIpc) is 3.31. The highest BCUT2D eigenvalue weighted by Gasteiger charge is 2.19. The van der Waals surface area contributed by atoms with E-state index in [1.807, 2.05) is 0 Å². The van der Waals surface area contributed by atoms with Gasteiger partial charge in [0, 0.05) is 19.3 Å². The minimum Gasteiger partial charge on any atom is -0.462 e. The van der Waals surface area contributed by atoms with E-state index in [9.17, 15) is 14.4 Å². The summed E-state index contributed by atoms with van der Waals surface area (Å²) >= 11 is 0. The minimum absolute atomic E-state index is 0.0614. The molecule has 0 unspecified atom stereocenters. The molecule has 0 fully saturated rings. The van der Waals surface area contributed by atoms with E-state index in [0.717, 1.165) is 63.7 Å². The van der Waals surface area contributed by atoms with Crippen molar-refractivity contribution in [3.05, 3.63) is 0 Å². The highest BCUT2D eigenvalue weighted by Crippen LogP contribution is 2.18. The molecule has 6 heteroatoms. The van der Waals surface area contributed by atoms with Gasteiger partial charge in [0.05, 0.1) is 0 Å². The molecule has 0 spiro atoms. The van der Waals surface area contributed by atoms with Gasteiger partial charge in [-0.1, -0.05) is 310 Å². The van der Waals surface area contributed by atoms with Crippen LogP contribution in [0.5, 0.6) is 0 Å². The standard InChI is InChI=1S/C61H118O6/c1-5-7-9-11-13-15-17-19-20-21-25-29-33-37-41-45-49-53-60(63)66-56-58(55-65-59(62)52-48-44-40-36-32-27-18-16-14-12-10-8-6-2)67-61(64)54-50-46-42-38-34-30-26-23-22-24-28-31-35-39-43-47-51-57(3)4/h57-58H,5-56H2,1-4H3/t58-/m0/s1. The first-order chi connectivity index (χ1) is 32.9. The van der Waals surface area contributed by atoms with Crippen LogP contribution in [0.1, 0.15) is 349 Å². The van der Waals surface area contributed by atoms with Gasteiger partial charge < -0.3 is 14.2 Å². The van der Waals surface area contributed by atoms with Crippen LogP contribution in [0.3, 0.4) is 0 Å². The summed E-state index contributed by atoms with van der Waals surface area (Å²) in [6.45, 7) is 9.08. The van der Waals surface area contributed by atoms with E-state index in [2.05, 4.69) is 27.7 Å². The van der Waals surface area contributed by atoms with E-state index in [1.54, 1.807) is 0 Å². The fourth-order valence-electron chi connectivity index (χ4n) is 9.46. The number of unbranched alkanes of at least 4 members (excludes halogenated alkanes) is 43. The SMILES string of the molecule is CCCCCCCCCCCCCCCCCCCC(=O)OC[C@H](COC(=O)CCCCCCCCCCCCCCC)OC(=O)CCCCCCCCCCCCCCCCCCC(C)C. The normalized spacial score (nSPS) is 12.0. The van der Waals surface area contributed by atoms with Crippen molar-refractivity contribution in [3.63, 3.8) is 0 Å². The molecular formula is C61H118O6. The summed E-state index contributed by atoms with van der Waals surface area (Å²) in [5.41, 5.74) is 0. The first-order valence-electron chi connectivity index (χ1n) is 30.4. The largest absolute Gasteiger partial charge is 0.462 e. The number of rotatable bonds is 56. The highest BCUT2D eigenvalue weighted by molar-refractivity contribution is 5.71. The first kappa shape index (κ1) is 65.4. The maximum atomic E-state index is 12.9. The molecule has 0 heterocycles. The smallest absolute Gasteiger partial charge is 0.306 e. The Morgan fingerprint density at radius 2 is 0.493 bits per heavy atom. The molecular weight excluding hydrogens is 829 g/mol. The third-order valence-corrected chi connectivity index (χ3v) is 14.0. The van der Waals surface area contributed by atoms with Crippen LogP contribution in [-0.2, 0) is 28.6 Å². The molecule has 67 heavy (non-hydrogen) atoms. The molecule has 0 aromatic carbocycles. The van der Waals surface area contributed by atoms with Gasteiger partial charge >= 0.3 is 17.9 Å². The summed E-state index contributed by atoms with van der Waals surface area (Å²) in [7, 11) is 0. The highest BCUT2D eigenvalue weighted by atomic mass is 16.6. The van der Waals surface area contributed by atoms with E-state index in [0.29, 0.717) is 19.3 Å². The lowest BCUT2D eigenvalue weighted by atomic mass is 10.0. The second kappa shape index (κ2) is 55.3. The molecule has 0 aliphatic carbocycles. The Kier molecular flexibility index (Phi) is 54.0. The van der Waals surface area contributed by atoms with Crippen molar-refractivity contribution >= 4 is 17.9 Å². The Labute approximate surface area is 418 Å². The van der Waals surface area contributed by atoms with Crippen molar-refractivity contribution in [3.8, 4) is 0 Å². The third kappa shape index (κ3) is 55.2. The molecule has 0 aliphatic heterocycles. The van der Waals surface area contributed by atoms with Crippen LogP contribution in [0.25, 0.3) is 0 Å². The summed E-state index contributed by atoms with van der Waals surface area (Å²) < 4.78 is 16.9.